The second-order valence-electron chi connectivity index (χ2n) is 10.8. The van der Waals surface area contributed by atoms with Crippen LogP contribution in [0.1, 0.15) is 46.8 Å². The zero-order valence-electron chi connectivity index (χ0n) is 24.0. The summed E-state index contributed by atoms with van der Waals surface area (Å²) < 4.78 is 19.7. The first-order valence-electron chi connectivity index (χ1n) is 14.0. The molecular weight excluding hydrogens is 603 g/mol. The minimum Gasteiger partial charge on any atom is -0.351 e. The van der Waals surface area contributed by atoms with Crippen LogP contribution in [0, 0.1) is 5.92 Å². The summed E-state index contributed by atoms with van der Waals surface area (Å²) in [4.78, 5) is 26.1. The van der Waals surface area contributed by atoms with Gasteiger partial charge in [0.05, 0.1) is 11.7 Å². The lowest BCUT2D eigenvalue weighted by molar-refractivity contribution is -0.117. The molecule has 0 aliphatic carbocycles. The Morgan fingerprint density at radius 3 is 2.07 bits per heavy atom. The minimum absolute atomic E-state index is 0.0336. The second-order valence-corrected chi connectivity index (χ2v) is 12.7. The average Bonchev–Trinajstić information content (AvgIpc) is 2.97. The Kier molecular flexibility index (Phi) is 11.5. The molecule has 0 aliphatic rings. The Balaban J connectivity index is 1.52. The molecule has 4 aromatic rings. The summed E-state index contributed by atoms with van der Waals surface area (Å²) in [5, 5.41) is 6.82. The van der Waals surface area contributed by atoms with Gasteiger partial charge in [-0.05, 0) is 77.4 Å². The number of hydrogen-bond acceptors (Lipinski definition) is 3. The van der Waals surface area contributed by atoms with Crippen molar-refractivity contribution in [1.29, 1.82) is 0 Å². The summed E-state index contributed by atoms with van der Waals surface area (Å²) in [6.07, 6.45) is 1.39. The molecule has 43 heavy (non-hydrogen) atoms. The van der Waals surface area contributed by atoms with Gasteiger partial charge in [0, 0.05) is 33.4 Å². The predicted octanol–water partition coefficient (Wildman–Crippen LogP) is 7.78. The number of halogens is 2. The maximum Gasteiger partial charge on any atom is 0.251 e. The third-order valence-electron chi connectivity index (χ3n) is 6.96. The van der Waals surface area contributed by atoms with Crippen molar-refractivity contribution in [2.24, 2.45) is 5.92 Å². The average molecular weight is 638 g/mol. The van der Waals surface area contributed by atoms with Gasteiger partial charge < -0.3 is 15.2 Å². The zero-order chi connectivity index (χ0) is 30.9. The van der Waals surface area contributed by atoms with E-state index >= 15 is 0 Å². The minimum atomic E-state index is -1.97. The van der Waals surface area contributed by atoms with Crippen LogP contribution in [0.5, 0.6) is 0 Å². The largest absolute Gasteiger partial charge is 0.351 e. The van der Waals surface area contributed by atoms with Crippen molar-refractivity contribution in [2.75, 3.05) is 17.6 Å². The maximum absolute atomic E-state index is 13.7. The number of amides is 2. The highest BCUT2D eigenvalue weighted by Gasteiger charge is 2.22. The molecule has 0 radical (unpaired) electrons. The van der Waals surface area contributed by atoms with Gasteiger partial charge in [0.15, 0.2) is 11.1 Å². The molecule has 2 unspecified atom stereocenters. The normalized spacial score (nSPS) is 12.5. The van der Waals surface area contributed by atoms with E-state index in [1.54, 1.807) is 24.3 Å². The van der Waals surface area contributed by atoms with Gasteiger partial charge >= 0.3 is 0 Å². The third-order valence-corrected chi connectivity index (χ3v) is 8.06. The first-order chi connectivity index (χ1) is 20.6. The molecule has 0 saturated carbocycles. The van der Waals surface area contributed by atoms with E-state index < -0.39 is 17.0 Å². The van der Waals surface area contributed by atoms with Crippen molar-refractivity contribution in [3.8, 4) is 11.1 Å². The molecular formula is C34H34Cl2N2O4S. The molecule has 2 amide bonds. The van der Waals surface area contributed by atoms with Crippen LogP contribution in [-0.2, 0) is 28.7 Å². The van der Waals surface area contributed by atoms with E-state index in [9.17, 15) is 13.8 Å². The summed E-state index contributed by atoms with van der Waals surface area (Å²) in [6.45, 7) is 4.45. The highest BCUT2D eigenvalue weighted by atomic mass is 35.5. The SMILES string of the molecule is CC(C)Cc1ccc(C(Cc2ccc(C(=O)NCCS(=O)O)cc2)C(=O)Nc2ccc(-c3ccc(Cl)cc3Cl)cc2)cc1. The van der Waals surface area contributed by atoms with E-state index in [0.29, 0.717) is 33.6 Å². The number of carbonyl (C=O) groups is 2. The van der Waals surface area contributed by atoms with Crippen LogP contribution in [0.25, 0.3) is 11.1 Å². The molecule has 9 heteroatoms. The van der Waals surface area contributed by atoms with Crippen LogP contribution < -0.4 is 10.6 Å². The van der Waals surface area contributed by atoms with Crippen molar-refractivity contribution in [3.05, 3.63) is 123 Å². The van der Waals surface area contributed by atoms with Crippen molar-refractivity contribution in [3.63, 3.8) is 0 Å². The number of carbonyl (C=O) groups excluding carboxylic acids is 2. The van der Waals surface area contributed by atoms with Gasteiger partial charge in [-0.25, -0.2) is 4.21 Å². The van der Waals surface area contributed by atoms with Crippen molar-refractivity contribution in [1.82, 2.24) is 5.32 Å². The number of benzene rings is 4. The lowest BCUT2D eigenvalue weighted by atomic mass is 9.89. The molecule has 0 heterocycles. The predicted molar refractivity (Wildman–Crippen MR) is 176 cm³/mol. The second kappa shape index (κ2) is 15.3. The summed E-state index contributed by atoms with van der Waals surface area (Å²) in [7, 11) is 0. The molecule has 0 bridgehead atoms. The third kappa shape index (κ3) is 9.50. The molecule has 224 valence electrons. The van der Waals surface area contributed by atoms with Gasteiger partial charge in [0.2, 0.25) is 5.91 Å². The van der Waals surface area contributed by atoms with Crippen LogP contribution in [0.4, 0.5) is 5.69 Å². The van der Waals surface area contributed by atoms with Gasteiger partial charge in [0.1, 0.15) is 0 Å². The Labute approximate surface area is 265 Å². The van der Waals surface area contributed by atoms with Crippen LogP contribution in [0.3, 0.4) is 0 Å². The summed E-state index contributed by atoms with van der Waals surface area (Å²) in [5.74, 6) is -0.452. The molecule has 3 N–H and O–H groups in total. The van der Waals surface area contributed by atoms with Crippen molar-refractivity contribution < 1.29 is 18.4 Å². The fourth-order valence-electron chi connectivity index (χ4n) is 4.79. The number of rotatable bonds is 12. The van der Waals surface area contributed by atoms with Gasteiger partial charge in [-0.1, -0.05) is 91.6 Å². The van der Waals surface area contributed by atoms with Crippen LogP contribution >= 0.6 is 23.2 Å². The molecule has 0 fully saturated rings. The molecule has 0 aromatic heterocycles. The molecule has 0 saturated heterocycles. The Morgan fingerprint density at radius 2 is 1.47 bits per heavy atom. The highest BCUT2D eigenvalue weighted by molar-refractivity contribution is 7.79. The molecule has 6 nitrogen and oxygen atoms in total. The Morgan fingerprint density at radius 1 is 0.837 bits per heavy atom. The molecule has 2 atom stereocenters. The number of nitrogens with one attached hydrogen (secondary N) is 2. The van der Waals surface area contributed by atoms with Gasteiger partial charge in [-0.15, -0.1) is 0 Å². The fourth-order valence-corrected chi connectivity index (χ4v) is 5.58. The van der Waals surface area contributed by atoms with Gasteiger partial charge in [-0.2, -0.15) is 0 Å². The van der Waals surface area contributed by atoms with Crippen LogP contribution in [0.2, 0.25) is 10.0 Å². The van der Waals surface area contributed by atoms with Crippen LogP contribution in [-0.4, -0.2) is 32.9 Å². The standard InChI is InChI=1S/C34H34Cl2N2O4S/c1-22(2)19-23-3-7-26(8-4-23)31(20-24-5-9-27(10-6-24)33(39)37-17-18-43(41)42)34(40)38-29-14-11-25(12-15-29)30-16-13-28(35)21-32(30)36/h3-16,21-22,31H,17-20H2,1-2H3,(H,37,39)(H,38,40)(H,41,42). The molecule has 4 rings (SSSR count). The Hall–Kier alpha value is -3.49. The lowest BCUT2D eigenvalue weighted by Crippen LogP contribution is -2.27. The zero-order valence-corrected chi connectivity index (χ0v) is 26.3. The van der Waals surface area contributed by atoms with Crippen LogP contribution in [0.15, 0.2) is 91.0 Å². The van der Waals surface area contributed by atoms with E-state index in [-0.39, 0.29) is 24.1 Å². The smallest absolute Gasteiger partial charge is 0.251 e. The monoisotopic (exact) mass is 636 g/mol. The van der Waals surface area contributed by atoms with E-state index in [2.05, 4.69) is 36.6 Å². The van der Waals surface area contributed by atoms with Crippen molar-refractivity contribution >= 4 is 51.8 Å². The summed E-state index contributed by atoms with van der Waals surface area (Å²) in [6, 6.07) is 28.1. The molecule has 0 aliphatic heterocycles. The maximum atomic E-state index is 13.7. The van der Waals surface area contributed by atoms with E-state index in [0.717, 1.165) is 28.7 Å². The highest BCUT2D eigenvalue weighted by Crippen LogP contribution is 2.31. The molecule has 0 spiro atoms. The first-order valence-corrected chi connectivity index (χ1v) is 16.0. The fraction of sp³-hybridized carbons (Fsp3) is 0.235. The Bertz CT molecular complexity index is 1570. The van der Waals surface area contributed by atoms with Gasteiger partial charge in [-0.3, -0.25) is 9.59 Å². The van der Waals surface area contributed by atoms with Gasteiger partial charge in [0.25, 0.3) is 5.91 Å². The van der Waals surface area contributed by atoms with Crippen molar-refractivity contribution in [2.45, 2.75) is 32.6 Å². The van der Waals surface area contributed by atoms with E-state index in [1.165, 1.54) is 5.56 Å². The van der Waals surface area contributed by atoms with E-state index in [4.69, 9.17) is 27.8 Å². The van der Waals surface area contributed by atoms with E-state index in [1.807, 2.05) is 54.6 Å². The number of hydrogen-bond donors (Lipinski definition) is 3. The first kappa shape index (κ1) is 32.4. The topological polar surface area (TPSA) is 95.5 Å². The molecule has 4 aromatic carbocycles. The number of anilines is 1. The lowest BCUT2D eigenvalue weighted by Gasteiger charge is -2.19. The summed E-state index contributed by atoms with van der Waals surface area (Å²) in [5.41, 5.74) is 5.87. The quantitative estimate of drug-likeness (QED) is 0.138. The summed E-state index contributed by atoms with van der Waals surface area (Å²) >= 11 is 10.5.